The number of terminal acetylenes is 1. The highest BCUT2D eigenvalue weighted by atomic mass is 14.7. The number of quaternary nitrogens is 1. The summed E-state index contributed by atoms with van der Waals surface area (Å²) in [6.07, 6.45) is 11.5. The van der Waals surface area contributed by atoms with E-state index in [-0.39, 0.29) is 5.54 Å². The van der Waals surface area contributed by atoms with Crippen molar-refractivity contribution in [1.29, 1.82) is 0 Å². The van der Waals surface area contributed by atoms with E-state index in [0.717, 1.165) is 12.8 Å². The zero-order valence-electron chi connectivity index (χ0n) is 5.82. The van der Waals surface area contributed by atoms with Gasteiger partial charge in [0.15, 0.2) is 5.54 Å². The molecule has 1 fully saturated rings. The first-order valence-corrected chi connectivity index (χ1v) is 3.60. The molecule has 3 N–H and O–H groups in total. The van der Waals surface area contributed by atoms with Gasteiger partial charge in [-0.1, -0.05) is 6.42 Å². The van der Waals surface area contributed by atoms with Gasteiger partial charge in [-0.3, -0.25) is 0 Å². The first kappa shape index (κ1) is 6.64. The van der Waals surface area contributed by atoms with Gasteiger partial charge in [-0.25, -0.2) is 0 Å². The molecule has 0 aromatic heterocycles. The normalized spacial score (nSPS) is 24.9. The summed E-state index contributed by atoms with van der Waals surface area (Å²) in [5.41, 5.74) is 4.01. The average Bonchev–Trinajstić information content (AvgIpc) is 1.90. The van der Waals surface area contributed by atoms with Crippen LogP contribution in [0.2, 0.25) is 0 Å². The van der Waals surface area contributed by atoms with E-state index in [1.807, 2.05) is 0 Å². The molecule has 1 aliphatic rings. The Morgan fingerprint density at radius 3 is 2.11 bits per heavy atom. The summed E-state index contributed by atoms with van der Waals surface area (Å²) in [5, 5.41) is 0. The van der Waals surface area contributed by atoms with Crippen LogP contribution in [0.15, 0.2) is 0 Å². The summed E-state index contributed by atoms with van der Waals surface area (Å²) in [6.45, 7) is 0. The fraction of sp³-hybridized carbons (Fsp3) is 0.750. The molecule has 0 bridgehead atoms. The molecule has 0 radical (unpaired) electrons. The minimum absolute atomic E-state index is 0.00174. The predicted octanol–water partition coefficient (Wildman–Crippen LogP) is 0.564. The topological polar surface area (TPSA) is 27.6 Å². The lowest BCUT2D eigenvalue weighted by Crippen LogP contribution is -2.72. The molecule has 1 aliphatic carbocycles. The quantitative estimate of drug-likeness (QED) is 0.457. The predicted molar refractivity (Wildman–Crippen MR) is 37.5 cm³/mol. The highest BCUT2D eigenvalue weighted by Gasteiger charge is 2.28. The zero-order valence-corrected chi connectivity index (χ0v) is 5.82. The molecule has 0 saturated heterocycles. The van der Waals surface area contributed by atoms with E-state index in [1.165, 1.54) is 19.3 Å². The maximum atomic E-state index is 5.32. The van der Waals surface area contributed by atoms with Crippen LogP contribution in [-0.2, 0) is 0 Å². The van der Waals surface area contributed by atoms with Crippen LogP contribution in [0.25, 0.3) is 0 Å². The summed E-state index contributed by atoms with van der Waals surface area (Å²) in [6, 6.07) is 0. The van der Waals surface area contributed by atoms with Gasteiger partial charge in [-0.05, 0) is 18.8 Å². The Hall–Kier alpha value is -0.480. The van der Waals surface area contributed by atoms with Crippen molar-refractivity contribution >= 4 is 0 Å². The van der Waals surface area contributed by atoms with Crippen LogP contribution in [0.5, 0.6) is 0 Å². The fourth-order valence-corrected chi connectivity index (χ4v) is 1.37. The van der Waals surface area contributed by atoms with E-state index in [1.54, 1.807) is 0 Å². The van der Waals surface area contributed by atoms with E-state index in [2.05, 4.69) is 11.7 Å². The zero-order chi connectivity index (χ0) is 6.74. The maximum absolute atomic E-state index is 5.32. The summed E-state index contributed by atoms with van der Waals surface area (Å²) in [4.78, 5) is 0. The Morgan fingerprint density at radius 2 is 1.78 bits per heavy atom. The summed E-state index contributed by atoms with van der Waals surface area (Å²) >= 11 is 0. The molecule has 1 saturated carbocycles. The van der Waals surface area contributed by atoms with Gasteiger partial charge < -0.3 is 5.73 Å². The van der Waals surface area contributed by atoms with Gasteiger partial charge >= 0.3 is 0 Å². The summed E-state index contributed by atoms with van der Waals surface area (Å²) < 4.78 is 0. The highest BCUT2D eigenvalue weighted by molar-refractivity contribution is 5.06. The molecule has 0 heterocycles. The summed E-state index contributed by atoms with van der Waals surface area (Å²) in [7, 11) is 0. The van der Waals surface area contributed by atoms with Crippen LogP contribution < -0.4 is 5.73 Å². The lowest BCUT2D eigenvalue weighted by molar-refractivity contribution is -0.461. The lowest BCUT2D eigenvalue weighted by Gasteiger charge is -2.23. The number of hydrogen-bond donors (Lipinski definition) is 1. The molecular formula is C8H14N+. The van der Waals surface area contributed by atoms with Crippen LogP contribution in [-0.4, -0.2) is 5.54 Å². The van der Waals surface area contributed by atoms with Gasteiger partial charge in [0, 0.05) is 12.8 Å². The van der Waals surface area contributed by atoms with Crippen molar-refractivity contribution in [3.63, 3.8) is 0 Å². The van der Waals surface area contributed by atoms with Crippen LogP contribution in [0.1, 0.15) is 32.1 Å². The van der Waals surface area contributed by atoms with E-state index in [9.17, 15) is 0 Å². The van der Waals surface area contributed by atoms with Gasteiger partial charge in [-0.2, -0.15) is 0 Å². The monoisotopic (exact) mass is 124 g/mol. The molecule has 0 spiro atoms. The second-order valence-corrected chi connectivity index (χ2v) is 2.99. The minimum atomic E-state index is -0.00174. The van der Waals surface area contributed by atoms with E-state index in [4.69, 9.17) is 6.42 Å². The highest BCUT2D eigenvalue weighted by Crippen LogP contribution is 2.22. The molecule has 0 amide bonds. The minimum Gasteiger partial charge on any atom is -0.343 e. The van der Waals surface area contributed by atoms with Crippen LogP contribution >= 0.6 is 0 Å². The number of hydrogen-bond acceptors (Lipinski definition) is 0. The smallest absolute Gasteiger partial charge is 0.155 e. The van der Waals surface area contributed by atoms with E-state index in [0.29, 0.717) is 0 Å². The second kappa shape index (κ2) is 2.41. The van der Waals surface area contributed by atoms with Gasteiger partial charge in [0.1, 0.15) is 0 Å². The van der Waals surface area contributed by atoms with Crippen LogP contribution in [0.3, 0.4) is 0 Å². The van der Waals surface area contributed by atoms with Gasteiger partial charge in [0.2, 0.25) is 0 Å². The van der Waals surface area contributed by atoms with Crippen molar-refractivity contribution in [2.24, 2.45) is 0 Å². The lowest BCUT2D eigenvalue weighted by atomic mass is 9.83. The summed E-state index contributed by atoms with van der Waals surface area (Å²) in [5.74, 6) is 2.77. The fourth-order valence-electron chi connectivity index (χ4n) is 1.37. The largest absolute Gasteiger partial charge is 0.343 e. The maximum Gasteiger partial charge on any atom is 0.155 e. The molecule has 1 nitrogen and oxygen atoms in total. The van der Waals surface area contributed by atoms with Crippen molar-refractivity contribution in [3.8, 4) is 12.3 Å². The van der Waals surface area contributed by atoms with Gasteiger partial charge in [0.25, 0.3) is 0 Å². The molecule has 0 aromatic rings. The molecule has 1 heteroatoms. The van der Waals surface area contributed by atoms with Crippen molar-refractivity contribution in [1.82, 2.24) is 0 Å². The molecule has 9 heavy (non-hydrogen) atoms. The molecule has 50 valence electrons. The third kappa shape index (κ3) is 1.46. The third-order valence-electron chi connectivity index (χ3n) is 2.12. The van der Waals surface area contributed by atoms with Crippen LogP contribution in [0, 0.1) is 12.3 Å². The SMILES string of the molecule is C#CC1([NH3+])CCCCC1. The van der Waals surface area contributed by atoms with Crippen molar-refractivity contribution in [3.05, 3.63) is 0 Å². The molecule has 0 unspecified atom stereocenters. The molecular weight excluding hydrogens is 110 g/mol. The Labute approximate surface area is 56.6 Å². The Bertz CT molecular complexity index is 126. The van der Waals surface area contributed by atoms with E-state index >= 15 is 0 Å². The Balaban J connectivity index is 2.49. The van der Waals surface area contributed by atoms with Crippen molar-refractivity contribution in [2.75, 3.05) is 0 Å². The molecule has 1 rings (SSSR count). The average molecular weight is 124 g/mol. The van der Waals surface area contributed by atoms with Crippen molar-refractivity contribution in [2.45, 2.75) is 37.6 Å². The first-order valence-electron chi connectivity index (χ1n) is 3.60. The third-order valence-corrected chi connectivity index (χ3v) is 2.12. The Morgan fingerprint density at radius 1 is 1.22 bits per heavy atom. The van der Waals surface area contributed by atoms with Gasteiger partial charge in [0.05, 0.1) is 0 Å². The Kier molecular flexibility index (Phi) is 1.78. The second-order valence-electron chi connectivity index (χ2n) is 2.99. The van der Waals surface area contributed by atoms with Gasteiger partial charge in [-0.15, -0.1) is 6.42 Å². The van der Waals surface area contributed by atoms with Crippen molar-refractivity contribution < 1.29 is 5.73 Å². The standard InChI is InChI=1S/C8H13N/c1-2-8(9)6-4-3-5-7-8/h1H,3-7,9H2/p+1. The first-order chi connectivity index (χ1) is 4.27. The van der Waals surface area contributed by atoms with Crippen LogP contribution in [0.4, 0.5) is 0 Å². The number of rotatable bonds is 0. The molecule has 0 atom stereocenters. The molecule has 0 aromatic carbocycles. The van der Waals surface area contributed by atoms with E-state index < -0.39 is 0 Å². The molecule has 0 aliphatic heterocycles.